The van der Waals surface area contributed by atoms with Crippen LogP contribution in [0.3, 0.4) is 0 Å². The SMILES string of the molecule is COc1ccc(NC(C)=O)cc1NC(=O)CNC1(c2cccc(Br)c2)CCOCC1. The molecule has 0 unspecified atom stereocenters. The highest BCUT2D eigenvalue weighted by atomic mass is 79.9. The molecule has 0 saturated carbocycles. The molecular weight excluding hydrogens is 450 g/mol. The van der Waals surface area contributed by atoms with E-state index < -0.39 is 0 Å². The number of carbonyl (C=O) groups is 2. The maximum absolute atomic E-state index is 12.7. The Hall–Kier alpha value is -2.42. The zero-order valence-electron chi connectivity index (χ0n) is 17.1. The normalized spacial score (nSPS) is 15.3. The molecule has 7 nitrogen and oxygen atoms in total. The summed E-state index contributed by atoms with van der Waals surface area (Å²) in [7, 11) is 1.53. The summed E-state index contributed by atoms with van der Waals surface area (Å²) in [5.41, 5.74) is 1.88. The molecule has 0 radical (unpaired) electrons. The molecular formula is C22H26BrN3O4. The van der Waals surface area contributed by atoms with Crippen molar-refractivity contribution in [2.75, 3.05) is 37.5 Å². The van der Waals surface area contributed by atoms with Gasteiger partial charge in [-0.15, -0.1) is 0 Å². The van der Waals surface area contributed by atoms with Gasteiger partial charge >= 0.3 is 0 Å². The maximum Gasteiger partial charge on any atom is 0.238 e. The fourth-order valence-electron chi connectivity index (χ4n) is 3.60. The molecule has 30 heavy (non-hydrogen) atoms. The fourth-order valence-corrected chi connectivity index (χ4v) is 4.00. The summed E-state index contributed by atoms with van der Waals surface area (Å²) in [6.07, 6.45) is 1.55. The van der Waals surface area contributed by atoms with Crippen molar-refractivity contribution in [1.29, 1.82) is 0 Å². The number of halogens is 1. The smallest absolute Gasteiger partial charge is 0.238 e. The topological polar surface area (TPSA) is 88.7 Å². The summed E-state index contributed by atoms with van der Waals surface area (Å²) in [5.74, 6) is 0.133. The largest absolute Gasteiger partial charge is 0.495 e. The maximum atomic E-state index is 12.7. The second kappa shape index (κ2) is 10.1. The van der Waals surface area contributed by atoms with Crippen LogP contribution in [0.4, 0.5) is 11.4 Å². The second-order valence-corrected chi connectivity index (χ2v) is 8.12. The Balaban J connectivity index is 1.73. The van der Waals surface area contributed by atoms with Gasteiger partial charge in [-0.1, -0.05) is 28.1 Å². The molecule has 0 aromatic heterocycles. The van der Waals surface area contributed by atoms with Gasteiger partial charge in [0, 0.05) is 35.8 Å². The predicted molar refractivity (Wildman–Crippen MR) is 120 cm³/mol. The van der Waals surface area contributed by atoms with Gasteiger partial charge in [-0.25, -0.2) is 0 Å². The minimum Gasteiger partial charge on any atom is -0.495 e. The number of nitrogens with one attached hydrogen (secondary N) is 3. The van der Waals surface area contributed by atoms with Gasteiger partial charge in [0.05, 0.1) is 19.3 Å². The Bertz CT molecular complexity index is 913. The Labute approximate surface area is 184 Å². The third-order valence-electron chi connectivity index (χ3n) is 5.10. The third-order valence-corrected chi connectivity index (χ3v) is 5.60. The van der Waals surface area contributed by atoms with Crippen LogP contribution in [0.15, 0.2) is 46.9 Å². The lowest BCUT2D eigenvalue weighted by molar-refractivity contribution is -0.116. The molecule has 8 heteroatoms. The number of benzene rings is 2. The first-order valence-corrected chi connectivity index (χ1v) is 10.6. The number of carbonyl (C=O) groups excluding carboxylic acids is 2. The van der Waals surface area contributed by atoms with Crippen LogP contribution in [0.1, 0.15) is 25.3 Å². The minimum atomic E-state index is -0.332. The lowest BCUT2D eigenvalue weighted by Crippen LogP contribution is -2.49. The molecule has 2 amide bonds. The van der Waals surface area contributed by atoms with Gasteiger partial charge in [0.1, 0.15) is 5.75 Å². The molecule has 2 aromatic rings. The van der Waals surface area contributed by atoms with E-state index in [1.54, 1.807) is 18.2 Å². The first-order chi connectivity index (χ1) is 14.4. The molecule has 2 aromatic carbocycles. The quantitative estimate of drug-likeness (QED) is 0.568. The first kappa shape index (κ1) is 22.3. The molecule has 1 aliphatic rings. The van der Waals surface area contributed by atoms with Crippen LogP contribution in [-0.4, -0.2) is 38.7 Å². The van der Waals surface area contributed by atoms with Crippen LogP contribution in [0.2, 0.25) is 0 Å². The fraction of sp³-hybridized carbons (Fsp3) is 0.364. The molecule has 160 valence electrons. The highest BCUT2D eigenvalue weighted by Crippen LogP contribution is 2.33. The third kappa shape index (κ3) is 5.59. The minimum absolute atomic E-state index is 0.125. The van der Waals surface area contributed by atoms with E-state index in [2.05, 4.69) is 44.0 Å². The van der Waals surface area contributed by atoms with Crippen molar-refractivity contribution in [3.63, 3.8) is 0 Å². The summed E-state index contributed by atoms with van der Waals surface area (Å²) in [4.78, 5) is 24.1. The van der Waals surface area contributed by atoms with E-state index in [4.69, 9.17) is 9.47 Å². The van der Waals surface area contributed by atoms with Gasteiger partial charge in [-0.2, -0.15) is 0 Å². The van der Waals surface area contributed by atoms with Gasteiger partial charge in [0.25, 0.3) is 0 Å². The average Bonchev–Trinajstić information content (AvgIpc) is 2.73. The Morgan fingerprint density at radius 2 is 1.90 bits per heavy atom. The first-order valence-electron chi connectivity index (χ1n) is 9.76. The molecule has 1 fully saturated rings. The van der Waals surface area contributed by atoms with Crippen molar-refractivity contribution in [1.82, 2.24) is 5.32 Å². The van der Waals surface area contributed by atoms with Gasteiger partial charge in [-0.05, 0) is 48.7 Å². The molecule has 1 saturated heterocycles. The summed E-state index contributed by atoms with van der Waals surface area (Å²) in [6.45, 7) is 2.82. The van der Waals surface area contributed by atoms with Crippen LogP contribution in [0.25, 0.3) is 0 Å². The lowest BCUT2D eigenvalue weighted by Gasteiger charge is -2.38. The van der Waals surface area contributed by atoms with Crippen LogP contribution in [0.5, 0.6) is 5.75 Å². The van der Waals surface area contributed by atoms with Crippen LogP contribution in [-0.2, 0) is 19.9 Å². The van der Waals surface area contributed by atoms with E-state index in [1.165, 1.54) is 14.0 Å². The van der Waals surface area contributed by atoms with Crippen LogP contribution >= 0.6 is 15.9 Å². The lowest BCUT2D eigenvalue weighted by atomic mass is 9.82. The Kier molecular flexibility index (Phi) is 7.47. The standard InChI is InChI=1S/C22H26BrN3O4/c1-15(27)25-18-6-7-20(29-2)19(13-18)26-21(28)14-24-22(8-10-30-11-9-22)16-4-3-5-17(23)12-16/h3-7,12-13,24H,8-11,14H2,1-2H3,(H,25,27)(H,26,28). The van der Waals surface area contributed by atoms with Crippen LogP contribution in [0, 0.1) is 0 Å². The highest BCUT2D eigenvalue weighted by molar-refractivity contribution is 9.10. The molecule has 0 bridgehead atoms. The molecule has 0 atom stereocenters. The summed E-state index contributed by atoms with van der Waals surface area (Å²) >= 11 is 3.53. The van der Waals surface area contributed by atoms with E-state index in [0.29, 0.717) is 30.3 Å². The number of anilines is 2. The van der Waals surface area contributed by atoms with Gasteiger partial charge < -0.3 is 20.1 Å². The second-order valence-electron chi connectivity index (χ2n) is 7.20. The number of amides is 2. The summed E-state index contributed by atoms with van der Waals surface area (Å²) in [6, 6.07) is 13.2. The van der Waals surface area contributed by atoms with Gasteiger partial charge in [-0.3, -0.25) is 14.9 Å². The van der Waals surface area contributed by atoms with E-state index in [9.17, 15) is 9.59 Å². The van der Waals surface area contributed by atoms with E-state index in [1.807, 2.05) is 12.1 Å². The van der Waals surface area contributed by atoms with Crippen molar-refractivity contribution in [3.05, 3.63) is 52.5 Å². The van der Waals surface area contributed by atoms with E-state index >= 15 is 0 Å². The van der Waals surface area contributed by atoms with E-state index in [0.717, 1.165) is 22.9 Å². The Morgan fingerprint density at radius 1 is 1.13 bits per heavy atom. The molecule has 0 spiro atoms. The summed E-state index contributed by atoms with van der Waals surface area (Å²) in [5, 5.41) is 9.04. The number of methoxy groups -OCH3 is 1. The van der Waals surface area contributed by atoms with Gasteiger partial charge in [0.15, 0.2) is 0 Å². The molecule has 0 aliphatic carbocycles. The van der Waals surface area contributed by atoms with Crippen LogP contribution < -0.4 is 20.7 Å². The summed E-state index contributed by atoms with van der Waals surface area (Å²) < 4.78 is 11.9. The Morgan fingerprint density at radius 3 is 2.57 bits per heavy atom. The van der Waals surface area contributed by atoms with Crippen molar-refractivity contribution in [2.45, 2.75) is 25.3 Å². The van der Waals surface area contributed by atoms with Crippen molar-refractivity contribution >= 4 is 39.1 Å². The van der Waals surface area contributed by atoms with Crippen molar-refractivity contribution in [3.8, 4) is 5.75 Å². The predicted octanol–water partition coefficient (Wildman–Crippen LogP) is 3.65. The number of ether oxygens (including phenoxy) is 2. The zero-order chi connectivity index (χ0) is 21.6. The zero-order valence-corrected chi connectivity index (χ0v) is 18.7. The molecule has 1 heterocycles. The number of hydrogen-bond acceptors (Lipinski definition) is 5. The highest BCUT2D eigenvalue weighted by Gasteiger charge is 2.34. The average molecular weight is 476 g/mol. The molecule has 1 aliphatic heterocycles. The van der Waals surface area contributed by atoms with Crippen molar-refractivity contribution in [2.24, 2.45) is 0 Å². The van der Waals surface area contributed by atoms with Gasteiger partial charge in [0.2, 0.25) is 11.8 Å². The molecule has 3 N–H and O–H groups in total. The molecule has 3 rings (SSSR count). The monoisotopic (exact) mass is 475 g/mol. The van der Waals surface area contributed by atoms with Crippen molar-refractivity contribution < 1.29 is 19.1 Å². The number of rotatable bonds is 7. The van der Waals surface area contributed by atoms with E-state index in [-0.39, 0.29) is 23.9 Å². The number of hydrogen-bond donors (Lipinski definition) is 3.